The highest BCUT2D eigenvalue weighted by Gasteiger charge is 2.26. The molecule has 0 saturated carbocycles. The van der Waals surface area contributed by atoms with Gasteiger partial charge in [0.15, 0.2) is 0 Å². The summed E-state index contributed by atoms with van der Waals surface area (Å²) >= 11 is 0. The van der Waals surface area contributed by atoms with Crippen LogP contribution >= 0.6 is 0 Å². The molecule has 1 aromatic rings. The summed E-state index contributed by atoms with van der Waals surface area (Å²) in [6.45, 7) is 6.60. The fraction of sp³-hybridized carbons (Fsp3) is 0.471. The highest BCUT2D eigenvalue weighted by atomic mass is 16.3. The number of aliphatic hydroxyl groups is 1. The van der Waals surface area contributed by atoms with Crippen molar-refractivity contribution in [1.29, 1.82) is 0 Å². The van der Waals surface area contributed by atoms with Crippen molar-refractivity contribution in [3.8, 4) is 0 Å². The van der Waals surface area contributed by atoms with Crippen molar-refractivity contribution in [2.75, 3.05) is 19.7 Å². The quantitative estimate of drug-likeness (QED) is 0.819. The second-order valence-corrected chi connectivity index (χ2v) is 5.57. The first-order valence-electron chi connectivity index (χ1n) is 7.53. The van der Waals surface area contributed by atoms with E-state index in [9.17, 15) is 4.79 Å². The number of carbonyl (C=O) groups is 1. The lowest BCUT2D eigenvalue weighted by Crippen LogP contribution is -2.43. The summed E-state index contributed by atoms with van der Waals surface area (Å²) in [6, 6.07) is 8.22. The zero-order valence-corrected chi connectivity index (χ0v) is 12.6. The van der Waals surface area contributed by atoms with E-state index in [4.69, 9.17) is 5.11 Å². The van der Waals surface area contributed by atoms with Crippen molar-refractivity contribution in [2.45, 2.75) is 31.7 Å². The molecule has 0 spiro atoms. The van der Waals surface area contributed by atoms with Crippen LogP contribution in [-0.4, -0.2) is 35.7 Å². The summed E-state index contributed by atoms with van der Waals surface area (Å²) in [5.41, 5.74) is 2.54. The van der Waals surface area contributed by atoms with Gasteiger partial charge in [-0.3, -0.25) is 0 Å². The summed E-state index contributed by atoms with van der Waals surface area (Å²) in [5, 5.41) is 12.1. The molecular formula is C17H24N2O2. The average Bonchev–Trinajstić information content (AvgIpc) is 2.50. The van der Waals surface area contributed by atoms with Crippen LogP contribution in [0.5, 0.6) is 0 Å². The maximum absolute atomic E-state index is 12.3. The van der Waals surface area contributed by atoms with Crippen LogP contribution in [0.15, 0.2) is 36.9 Å². The van der Waals surface area contributed by atoms with E-state index >= 15 is 0 Å². The van der Waals surface area contributed by atoms with Gasteiger partial charge >= 0.3 is 6.03 Å². The van der Waals surface area contributed by atoms with Crippen molar-refractivity contribution < 1.29 is 9.90 Å². The van der Waals surface area contributed by atoms with E-state index < -0.39 is 0 Å². The van der Waals surface area contributed by atoms with Gasteiger partial charge in [-0.05, 0) is 29.9 Å². The Morgan fingerprint density at radius 3 is 2.81 bits per heavy atom. The van der Waals surface area contributed by atoms with Crippen LogP contribution in [0.3, 0.4) is 0 Å². The molecule has 1 aliphatic carbocycles. The van der Waals surface area contributed by atoms with Crippen LogP contribution < -0.4 is 5.32 Å². The Kier molecular flexibility index (Phi) is 5.39. The van der Waals surface area contributed by atoms with Gasteiger partial charge in [0.2, 0.25) is 0 Å². The van der Waals surface area contributed by atoms with Gasteiger partial charge in [-0.15, -0.1) is 6.58 Å². The SMILES string of the molecule is C=CCN(CCO)C(=O)NC1CCC(C)c2ccccc21. The number of amides is 2. The molecule has 0 fully saturated rings. The second-order valence-electron chi connectivity index (χ2n) is 5.57. The van der Waals surface area contributed by atoms with Gasteiger partial charge in [0.1, 0.15) is 0 Å². The molecule has 0 radical (unpaired) electrons. The van der Waals surface area contributed by atoms with Gasteiger partial charge in [-0.1, -0.05) is 37.3 Å². The summed E-state index contributed by atoms with van der Waals surface area (Å²) < 4.78 is 0. The molecule has 2 N–H and O–H groups in total. The second kappa shape index (κ2) is 7.27. The minimum Gasteiger partial charge on any atom is -0.395 e. The molecule has 4 nitrogen and oxygen atoms in total. The first kappa shape index (κ1) is 15.6. The molecule has 114 valence electrons. The molecule has 0 aromatic heterocycles. The highest BCUT2D eigenvalue weighted by Crippen LogP contribution is 2.36. The number of nitrogens with zero attached hydrogens (tertiary/aromatic N) is 1. The topological polar surface area (TPSA) is 52.6 Å². The Labute approximate surface area is 126 Å². The van der Waals surface area contributed by atoms with E-state index in [0.717, 1.165) is 12.8 Å². The molecule has 0 bridgehead atoms. The zero-order valence-electron chi connectivity index (χ0n) is 12.6. The lowest BCUT2D eigenvalue weighted by Gasteiger charge is -2.32. The van der Waals surface area contributed by atoms with Crippen molar-refractivity contribution in [1.82, 2.24) is 10.2 Å². The number of rotatable bonds is 5. The molecule has 0 aliphatic heterocycles. The maximum atomic E-state index is 12.3. The van der Waals surface area contributed by atoms with Crippen LogP contribution in [0.1, 0.15) is 42.9 Å². The fourth-order valence-electron chi connectivity index (χ4n) is 2.95. The minimum atomic E-state index is -0.140. The Bertz CT molecular complexity index is 501. The largest absolute Gasteiger partial charge is 0.395 e. The summed E-state index contributed by atoms with van der Waals surface area (Å²) in [7, 11) is 0. The fourth-order valence-corrected chi connectivity index (χ4v) is 2.95. The Hall–Kier alpha value is -1.81. The molecular weight excluding hydrogens is 264 g/mol. The van der Waals surface area contributed by atoms with Gasteiger partial charge in [0.05, 0.1) is 12.6 Å². The molecule has 2 unspecified atom stereocenters. The molecule has 0 heterocycles. The predicted molar refractivity (Wildman–Crippen MR) is 84.2 cm³/mol. The molecule has 1 aromatic carbocycles. The number of benzene rings is 1. The molecule has 1 aliphatic rings. The van der Waals surface area contributed by atoms with Crippen LogP contribution in [0.2, 0.25) is 0 Å². The smallest absolute Gasteiger partial charge is 0.318 e. The van der Waals surface area contributed by atoms with Crippen LogP contribution in [-0.2, 0) is 0 Å². The summed E-state index contributed by atoms with van der Waals surface area (Å²) in [5.74, 6) is 0.538. The van der Waals surface area contributed by atoms with Gasteiger partial charge in [-0.25, -0.2) is 4.79 Å². The molecule has 2 atom stereocenters. The van der Waals surface area contributed by atoms with E-state index in [2.05, 4.69) is 37.0 Å². The lowest BCUT2D eigenvalue weighted by molar-refractivity contribution is 0.179. The van der Waals surface area contributed by atoms with Gasteiger partial charge in [0, 0.05) is 13.1 Å². The normalized spacial score (nSPS) is 20.5. The van der Waals surface area contributed by atoms with Crippen LogP contribution in [0.4, 0.5) is 4.79 Å². The van der Waals surface area contributed by atoms with Crippen LogP contribution in [0.25, 0.3) is 0 Å². The van der Waals surface area contributed by atoms with E-state index in [1.165, 1.54) is 11.1 Å². The number of fused-ring (bicyclic) bond motifs is 1. The lowest BCUT2D eigenvalue weighted by atomic mass is 9.81. The molecule has 0 saturated heterocycles. The number of nitrogens with one attached hydrogen (secondary N) is 1. The number of carbonyl (C=O) groups excluding carboxylic acids is 1. The zero-order chi connectivity index (χ0) is 15.2. The Balaban J connectivity index is 2.11. The first-order chi connectivity index (χ1) is 10.2. The Morgan fingerprint density at radius 1 is 1.43 bits per heavy atom. The highest BCUT2D eigenvalue weighted by molar-refractivity contribution is 5.75. The van der Waals surface area contributed by atoms with Crippen molar-refractivity contribution in [3.05, 3.63) is 48.0 Å². The number of urea groups is 1. The average molecular weight is 288 g/mol. The van der Waals surface area contributed by atoms with E-state index in [1.807, 2.05) is 6.07 Å². The number of hydrogen-bond donors (Lipinski definition) is 2. The summed E-state index contributed by atoms with van der Waals surface area (Å²) in [6.07, 6.45) is 3.69. The van der Waals surface area contributed by atoms with Gasteiger partial charge in [-0.2, -0.15) is 0 Å². The van der Waals surface area contributed by atoms with E-state index in [0.29, 0.717) is 19.0 Å². The van der Waals surface area contributed by atoms with Gasteiger partial charge in [0.25, 0.3) is 0 Å². The summed E-state index contributed by atoms with van der Waals surface area (Å²) in [4.78, 5) is 13.9. The third-order valence-corrected chi connectivity index (χ3v) is 4.10. The van der Waals surface area contributed by atoms with E-state index in [-0.39, 0.29) is 18.7 Å². The number of hydrogen-bond acceptors (Lipinski definition) is 2. The molecule has 4 heteroatoms. The third-order valence-electron chi connectivity index (χ3n) is 4.10. The monoisotopic (exact) mass is 288 g/mol. The van der Waals surface area contributed by atoms with Gasteiger partial charge < -0.3 is 15.3 Å². The van der Waals surface area contributed by atoms with Crippen LogP contribution in [0, 0.1) is 0 Å². The van der Waals surface area contributed by atoms with Crippen molar-refractivity contribution in [2.24, 2.45) is 0 Å². The predicted octanol–water partition coefficient (Wildman–Crippen LogP) is 2.81. The maximum Gasteiger partial charge on any atom is 0.318 e. The first-order valence-corrected chi connectivity index (χ1v) is 7.53. The minimum absolute atomic E-state index is 0.0421. The molecule has 2 amide bonds. The standard InChI is InChI=1S/C17H24N2O2/c1-3-10-19(11-12-20)17(21)18-16-9-8-13(2)14-6-4-5-7-15(14)16/h3-7,13,16,20H,1,8-12H2,2H3,(H,18,21). The Morgan fingerprint density at radius 2 is 2.14 bits per heavy atom. The van der Waals surface area contributed by atoms with Crippen molar-refractivity contribution >= 4 is 6.03 Å². The van der Waals surface area contributed by atoms with Crippen molar-refractivity contribution in [3.63, 3.8) is 0 Å². The molecule has 2 rings (SSSR count). The third kappa shape index (κ3) is 3.64. The van der Waals surface area contributed by atoms with E-state index in [1.54, 1.807) is 11.0 Å². The number of aliphatic hydroxyl groups excluding tert-OH is 1. The molecule has 21 heavy (non-hydrogen) atoms.